The van der Waals surface area contributed by atoms with Crippen LogP contribution < -0.4 is 5.73 Å². The number of nitrogens with zero attached hydrogens (tertiary/aromatic N) is 2. The van der Waals surface area contributed by atoms with Crippen molar-refractivity contribution in [3.05, 3.63) is 35.9 Å². The molecule has 1 amide bonds. The minimum Gasteiger partial charge on any atom is -0.340 e. The molecule has 0 spiro atoms. The smallest absolute Gasteiger partial charge is 0.239 e. The van der Waals surface area contributed by atoms with E-state index in [2.05, 4.69) is 42.2 Å². The summed E-state index contributed by atoms with van der Waals surface area (Å²) in [5.41, 5.74) is 7.44. The lowest BCUT2D eigenvalue weighted by molar-refractivity contribution is -0.134. The zero-order chi connectivity index (χ0) is 17.5. The molecule has 1 aromatic carbocycles. The van der Waals surface area contributed by atoms with Crippen molar-refractivity contribution in [1.82, 2.24) is 9.80 Å². The van der Waals surface area contributed by atoms with Crippen molar-refractivity contribution >= 4 is 5.91 Å². The first-order valence-electron chi connectivity index (χ1n) is 9.35. The van der Waals surface area contributed by atoms with Gasteiger partial charge in [-0.3, -0.25) is 9.69 Å². The van der Waals surface area contributed by atoms with E-state index < -0.39 is 6.04 Å². The number of piperidine rings is 1. The van der Waals surface area contributed by atoms with Gasteiger partial charge in [-0.05, 0) is 37.8 Å². The van der Waals surface area contributed by atoms with Gasteiger partial charge in [0.1, 0.15) is 0 Å². The van der Waals surface area contributed by atoms with Crippen molar-refractivity contribution in [3.63, 3.8) is 0 Å². The molecule has 1 fully saturated rings. The van der Waals surface area contributed by atoms with E-state index in [0.29, 0.717) is 6.04 Å². The highest BCUT2D eigenvalue weighted by Gasteiger charge is 2.28. The molecule has 0 radical (unpaired) electrons. The molecule has 0 aliphatic carbocycles. The maximum atomic E-state index is 12.6. The number of amides is 1. The number of hydrogen-bond donors (Lipinski definition) is 1. The number of likely N-dealkylation sites (tertiary alicyclic amines) is 1. The SMILES string of the molecule is CCN(C[C@H]1CCCCN1Cc1ccccc1)C(=O)[C@@H](N)C(C)C. The topological polar surface area (TPSA) is 49.6 Å². The molecule has 2 N–H and O–H groups in total. The largest absolute Gasteiger partial charge is 0.340 e. The quantitative estimate of drug-likeness (QED) is 0.836. The van der Waals surface area contributed by atoms with Crippen LogP contribution in [-0.4, -0.2) is 47.4 Å². The van der Waals surface area contributed by atoms with Crippen LogP contribution in [0, 0.1) is 5.92 Å². The minimum atomic E-state index is -0.392. The second-order valence-electron chi connectivity index (χ2n) is 7.25. The minimum absolute atomic E-state index is 0.0951. The van der Waals surface area contributed by atoms with Gasteiger partial charge in [-0.1, -0.05) is 50.6 Å². The predicted octanol–water partition coefficient (Wildman–Crippen LogP) is 2.87. The van der Waals surface area contributed by atoms with Crippen molar-refractivity contribution < 1.29 is 4.79 Å². The Morgan fingerprint density at radius 3 is 2.62 bits per heavy atom. The molecule has 0 aromatic heterocycles. The van der Waals surface area contributed by atoms with Crippen LogP contribution in [0.1, 0.15) is 45.6 Å². The molecule has 1 heterocycles. The van der Waals surface area contributed by atoms with E-state index in [1.54, 1.807) is 0 Å². The van der Waals surface area contributed by atoms with Crippen molar-refractivity contribution in [2.45, 2.75) is 58.7 Å². The highest BCUT2D eigenvalue weighted by Crippen LogP contribution is 2.21. The van der Waals surface area contributed by atoms with Crippen LogP contribution in [0.15, 0.2) is 30.3 Å². The van der Waals surface area contributed by atoms with Gasteiger partial charge in [0.15, 0.2) is 0 Å². The van der Waals surface area contributed by atoms with E-state index in [1.165, 1.54) is 18.4 Å². The lowest BCUT2D eigenvalue weighted by atomic mass is 9.99. The van der Waals surface area contributed by atoms with Gasteiger partial charge in [0.05, 0.1) is 6.04 Å². The van der Waals surface area contributed by atoms with Crippen LogP contribution in [0.2, 0.25) is 0 Å². The molecular weight excluding hydrogens is 298 g/mol. The highest BCUT2D eigenvalue weighted by molar-refractivity contribution is 5.81. The first-order valence-corrected chi connectivity index (χ1v) is 9.35. The zero-order valence-electron chi connectivity index (χ0n) is 15.4. The van der Waals surface area contributed by atoms with Crippen molar-refractivity contribution in [1.29, 1.82) is 0 Å². The zero-order valence-corrected chi connectivity index (χ0v) is 15.4. The Bertz CT molecular complexity index is 503. The normalized spacial score (nSPS) is 20.1. The molecule has 1 aliphatic rings. The molecule has 1 aromatic rings. The lowest BCUT2D eigenvalue weighted by Gasteiger charge is -2.39. The summed E-state index contributed by atoms with van der Waals surface area (Å²) < 4.78 is 0. The van der Waals surface area contributed by atoms with Gasteiger partial charge in [0, 0.05) is 25.7 Å². The molecule has 134 valence electrons. The average molecular weight is 332 g/mol. The lowest BCUT2D eigenvalue weighted by Crippen LogP contribution is -2.52. The summed E-state index contributed by atoms with van der Waals surface area (Å²) in [6.45, 7) is 9.68. The summed E-state index contributed by atoms with van der Waals surface area (Å²) in [7, 11) is 0. The van der Waals surface area contributed by atoms with Crippen molar-refractivity contribution in [2.75, 3.05) is 19.6 Å². The Morgan fingerprint density at radius 2 is 2.00 bits per heavy atom. The molecule has 1 saturated heterocycles. The molecule has 4 heteroatoms. The van der Waals surface area contributed by atoms with Gasteiger partial charge in [0.2, 0.25) is 5.91 Å². The Kier molecular flexibility index (Phi) is 7.25. The maximum absolute atomic E-state index is 12.6. The molecule has 1 aliphatic heterocycles. The molecule has 2 atom stereocenters. The van der Waals surface area contributed by atoms with Gasteiger partial charge in [-0.15, -0.1) is 0 Å². The van der Waals surface area contributed by atoms with Crippen LogP contribution in [-0.2, 0) is 11.3 Å². The van der Waals surface area contributed by atoms with E-state index in [4.69, 9.17) is 5.73 Å². The third-order valence-electron chi connectivity index (χ3n) is 5.11. The third-order valence-corrected chi connectivity index (χ3v) is 5.11. The van der Waals surface area contributed by atoms with E-state index in [0.717, 1.165) is 32.6 Å². The number of hydrogen-bond acceptors (Lipinski definition) is 3. The van der Waals surface area contributed by atoms with Gasteiger partial charge < -0.3 is 10.6 Å². The van der Waals surface area contributed by atoms with E-state index in [1.807, 2.05) is 18.7 Å². The Balaban J connectivity index is 2.02. The molecule has 0 unspecified atom stereocenters. The Labute approximate surface area is 147 Å². The molecule has 0 saturated carbocycles. The highest BCUT2D eigenvalue weighted by atomic mass is 16.2. The van der Waals surface area contributed by atoms with E-state index in [9.17, 15) is 4.79 Å². The van der Waals surface area contributed by atoms with Gasteiger partial charge in [0.25, 0.3) is 0 Å². The maximum Gasteiger partial charge on any atom is 0.239 e. The number of nitrogens with two attached hydrogens (primary N) is 1. The Hall–Kier alpha value is -1.39. The fraction of sp³-hybridized carbons (Fsp3) is 0.650. The first kappa shape index (κ1) is 18.9. The monoisotopic (exact) mass is 331 g/mol. The van der Waals surface area contributed by atoms with Gasteiger partial charge in [-0.25, -0.2) is 0 Å². The van der Waals surface area contributed by atoms with Crippen LogP contribution >= 0.6 is 0 Å². The fourth-order valence-electron chi connectivity index (χ4n) is 3.42. The standard InChI is InChI=1S/C20H33N3O/c1-4-22(20(24)19(21)16(2)3)15-18-12-8-9-13-23(18)14-17-10-6-5-7-11-17/h5-7,10-11,16,18-19H,4,8-9,12-15,21H2,1-3H3/t18-,19+/m1/s1. The average Bonchev–Trinajstić information content (AvgIpc) is 2.60. The number of rotatable bonds is 7. The van der Waals surface area contributed by atoms with E-state index >= 15 is 0 Å². The van der Waals surface area contributed by atoms with Crippen LogP contribution in [0.25, 0.3) is 0 Å². The summed E-state index contributed by atoms with van der Waals surface area (Å²) in [4.78, 5) is 17.1. The van der Waals surface area contributed by atoms with Gasteiger partial charge in [-0.2, -0.15) is 0 Å². The molecule has 0 bridgehead atoms. The molecule has 4 nitrogen and oxygen atoms in total. The van der Waals surface area contributed by atoms with Gasteiger partial charge >= 0.3 is 0 Å². The Morgan fingerprint density at radius 1 is 1.29 bits per heavy atom. The predicted molar refractivity (Wildman–Crippen MR) is 99.6 cm³/mol. The number of carbonyl (C=O) groups is 1. The summed E-state index contributed by atoms with van der Waals surface area (Å²) in [6, 6.07) is 10.7. The van der Waals surface area contributed by atoms with Crippen molar-refractivity contribution in [3.8, 4) is 0 Å². The second-order valence-corrected chi connectivity index (χ2v) is 7.25. The van der Waals surface area contributed by atoms with E-state index in [-0.39, 0.29) is 11.8 Å². The second kappa shape index (κ2) is 9.19. The molecule has 2 rings (SSSR count). The molecular formula is C20H33N3O. The van der Waals surface area contributed by atoms with Crippen molar-refractivity contribution in [2.24, 2.45) is 11.7 Å². The summed E-state index contributed by atoms with van der Waals surface area (Å²) >= 11 is 0. The number of benzene rings is 1. The van der Waals surface area contributed by atoms with Crippen LogP contribution in [0.3, 0.4) is 0 Å². The summed E-state index contributed by atoms with van der Waals surface area (Å²) in [5, 5.41) is 0. The summed E-state index contributed by atoms with van der Waals surface area (Å²) in [6.07, 6.45) is 3.65. The summed E-state index contributed by atoms with van der Waals surface area (Å²) in [5.74, 6) is 0.274. The van der Waals surface area contributed by atoms with Crippen LogP contribution in [0.4, 0.5) is 0 Å². The van der Waals surface area contributed by atoms with Crippen LogP contribution in [0.5, 0.6) is 0 Å². The number of likely N-dealkylation sites (N-methyl/N-ethyl adjacent to an activating group) is 1. The third kappa shape index (κ3) is 5.05. The number of carbonyl (C=O) groups excluding carboxylic acids is 1. The first-order chi connectivity index (χ1) is 11.5. The fourth-order valence-corrected chi connectivity index (χ4v) is 3.42. The molecule has 24 heavy (non-hydrogen) atoms.